The normalized spacial score (nSPS) is 40.8. The van der Waals surface area contributed by atoms with E-state index in [0.717, 1.165) is 38.5 Å². The summed E-state index contributed by atoms with van der Waals surface area (Å²) in [7, 11) is -5.55. The van der Waals surface area contributed by atoms with Crippen molar-refractivity contribution in [1.29, 1.82) is 0 Å². The van der Waals surface area contributed by atoms with Gasteiger partial charge in [0.05, 0.1) is 12.5 Å². The molecule has 0 saturated heterocycles. The van der Waals surface area contributed by atoms with Crippen molar-refractivity contribution in [3.8, 4) is 0 Å². The predicted molar refractivity (Wildman–Crippen MR) is 114 cm³/mol. The van der Waals surface area contributed by atoms with E-state index in [4.69, 9.17) is 14.0 Å². The molecule has 0 aliphatic heterocycles. The molecule has 6 nitrogen and oxygen atoms in total. The van der Waals surface area contributed by atoms with Gasteiger partial charge in [0.25, 0.3) is 0 Å². The van der Waals surface area contributed by atoms with Crippen LogP contribution >= 0.6 is 0 Å². The Hall–Kier alpha value is 0.200. The molecule has 6 saturated carbocycles. The Bertz CT molecular complexity index is 799. The van der Waals surface area contributed by atoms with Crippen LogP contribution in [-0.4, -0.2) is 73.1 Å². The molecule has 6 aliphatic rings. The zero-order valence-corrected chi connectivity index (χ0v) is 18.5. The number of carbonyl (C=O) groups excluding carboxylic acids is 1. The fourth-order valence-corrected chi connectivity index (χ4v) is 8.26. The zero-order valence-electron chi connectivity index (χ0n) is 17.7. The molecule has 0 aromatic heterocycles. The van der Waals surface area contributed by atoms with E-state index in [1.54, 1.807) is 0 Å². The maximum absolute atomic E-state index is 13.7. The number of ether oxygens (including phenoxy) is 2. The monoisotopic (exact) mass is 486 g/mol. The molecule has 4 atom stereocenters. The number of fused-ring (bicyclic) bond motifs is 2. The molecule has 4 unspecified atom stereocenters. The second kappa shape index (κ2) is 9.01. The molecule has 6 bridgehead atoms. The van der Waals surface area contributed by atoms with E-state index in [-0.39, 0.29) is 53.5 Å². The van der Waals surface area contributed by atoms with E-state index >= 15 is 0 Å². The molecule has 0 spiro atoms. The fraction of sp³-hybridized carbons (Fsp3) is 0.955. The SMILES string of the molecule is O=C(OC(COCC(F)(F)S(=O)(=O)O)C12CC3CC(CC(C3)C1)C2)C1CC2CCC1C2.[NaH]. The van der Waals surface area contributed by atoms with E-state index in [9.17, 15) is 22.0 Å². The average Bonchev–Trinajstić information content (AvgIpc) is 3.28. The predicted octanol–water partition coefficient (Wildman–Crippen LogP) is 3.40. The summed E-state index contributed by atoms with van der Waals surface area (Å²) in [4.78, 5) is 13.1. The van der Waals surface area contributed by atoms with Crippen LogP contribution in [0.5, 0.6) is 0 Å². The first kappa shape index (κ1) is 25.3. The van der Waals surface area contributed by atoms with E-state index < -0.39 is 28.1 Å². The van der Waals surface area contributed by atoms with Crippen LogP contribution < -0.4 is 0 Å². The Morgan fingerprint density at radius 1 is 1.00 bits per heavy atom. The number of alkyl halides is 2. The van der Waals surface area contributed by atoms with Crippen LogP contribution in [0, 0.1) is 40.9 Å². The summed E-state index contributed by atoms with van der Waals surface area (Å²) in [5.74, 6) is 2.33. The summed E-state index contributed by atoms with van der Waals surface area (Å²) in [5.41, 5.74) is -0.268. The van der Waals surface area contributed by atoms with E-state index in [2.05, 4.69) is 0 Å². The third-order valence-electron chi connectivity index (χ3n) is 8.98. The molecular weight excluding hydrogens is 453 g/mol. The molecule has 10 heteroatoms. The van der Waals surface area contributed by atoms with Gasteiger partial charge in [0.1, 0.15) is 12.7 Å². The third-order valence-corrected chi connectivity index (χ3v) is 9.86. The molecule has 6 rings (SSSR count). The van der Waals surface area contributed by atoms with Crippen LogP contribution in [0.4, 0.5) is 8.78 Å². The molecule has 0 heterocycles. The number of esters is 1. The molecule has 178 valence electrons. The van der Waals surface area contributed by atoms with Crippen molar-refractivity contribution in [2.75, 3.05) is 13.2 Å². The van der Waals surface area contributed by atoms with Crippen LogP contribution in [0.1, 0.15) is 64.2 Å². The van der Waals surface area contributed by atoms with Gasteiger partial charge in [0.15, 0.2) is 0 Å². The van der Waals surface area contributed by atoms with Crippen LogP contribution in [0.15, 0.2) is 0 Å². The first-order valence-electron chi connectivity index (χ1n) is 11.7. The number of hydrogen-bond acceptors (Lipinski definition) is 5. The molecule has 0 radical (unpaired) electrons. The number of carbonyl (C=O) groups is 1. The van der Waals surface area contributed by atoms with Crippen molar-refractivity contribution in [3.05, 3.63) is 0 Å². The van der Waals surface area contributed by atoms with E-state index in [0.29, 0.717) is 29.6 Å². The van der Waals surface area contributed by atoms with Crippen molar-refractivity contribution in [1.82, 2.24) is 0 Å². The van der Waals surface area contributed by atoms with E-state index in [1.807, 2.05) is 0 Å². The topological polar surface area (TPSA) is 89.9 Å². The van der Waals surface area contributed by atoms with Gasteiger partial charge in [0.2, 0.25) is 0 Å². The summed E-state index contributed by atoms with van der Waals surface area (Å²) in [5, 5.41) is -4.38. The molecule has 6 fully saturated rings. The minimum atomic E-state index is -5.55. The minimum absolute atomic E-state index is 0. The summed E-state index contributed by atoms with van der Waals surface area (Å²) >= 11 is 0. The van der Waals surface area contributed by atoms with Gasteiger partial charge >= 0.3 is 50.9 Å². The van der Waals surface area contributed by atoms with Gasteiger partial charge in [0, 0.05) is 5.41 Å². The summed E-state index contributed by atoms with van der Waals surface area (Å²) in [6.45, 7) is -1.70. The first-order chi connectivity index (χ1) is 14.5. The van der Waals surface area contributed by atoms with Gasteiger partial charge in [-0.15, -0.1) is 0 Å². The third kappa shape index (κ3) is 4.68. The van der Waals surface area contributed by atoms with Crippen molar-refractivity contribution < 1.29 is 36.0 Å². The van der Waals surface area contributed by atoms with Crippen LogP contribution in [0.2, 0.25) is 0 Å². The van der Waals surface area contributed by atoms with Crippen molar-refractivity contribution in [2.24, 2.45) is 40.9 Å². The molecule has 0 amide bonds. The van der Waals surface area contributed by atoms with Gasteiger partial charge in [-0.25, -0.2) is 0 Å². The fourth-order valence-electron chi connectivity index (χ4n) is 8.03. The zero-order chi connectivity index (χ0) is 22.0. The second-order valence-electron chi connectivity index (χ2n) is 11.1. The molecule has 1 N–H and O–H groups in total. The van der Waals surface area contributed by atoms with Gasteiger partial charge in [-0.1, -0.05) is 6.42 Å². The Morgan fingerprint density at radius 3 is 2.06 bits per heavy atom. The number of rotatable bonds is 8. The van der Waals surface area contributed by atoms with Gasteiger partial charge in [-0.3, -0.25) is 9.35 Å². The first-order valence-corrected chi connectivity index (χ1v) is 13.1. The quantitative estimate of drug-likeness (QED) is 0.321. The van der Waals surface area contributed by atoms with Crippen LogP contribution in [-0.2, 0) is 24.4 Å². The summed E-state index contributed by atoms with van der Waals surface area (Å²) < 4.78 is 69.1. The Balaban J connectivity index is 0.00000245. The number of halogens is 2. The molecule has 32 heavy (non-hydrogen) atoms. The number of hydrogen-bond donors (Lipinski definition) is 1. The second-order valence-corrected chi connectivity index (χ2v) is 12.7. The Kier molecular flexibility index (Phi) is 7.12. The van der Waals surface area contributed by atoms with E-state index in [1.165, 1.54) is 25.7 Å². The van der Waals surface area contributed by atoms with Crippen LogP contribution in [0.25, 0.3) is 0 Å². The Morgan fingerprint density at radius 2 is 1.59 bits per heavy atom. The molecule has 0 aromatic rings. The molecular formula is C22H33F2NaO6S. The molecule has 6 aliphatic carbocycles. The summed E-state index contributed by atoms with van der Waals surface area (Å²) in [6, 6.07) is 0. The Labute approximate surface area is 210 Å². The standard InChI is InChI=1S/C22H32F2O6S.Na.H/c23-22(24,31(26,27)28)12-29-11-19(30-20(25)18-7-13-1-2-17(18)6-13)21-8-14-3-15(9-21)5-16(4-14)10-21;;/h13-19H,1-12H2,(H,26,27,28);;. The summed E-state index contributed by atoms with van der Waals surface area (Å²) in [6.07, 6.45) is 9.77. The van der Waals surface area contributed by atoms with Crippen molar-refractivity contribution >= 4 is 45.6 Å². The van der Waals surface area contributed by atoms with Crippen molar-refractivity contribution in [3.63, 3.8) is 0 Å². The van der Waals surface area contributed by atoms with Crippen molar-refractivity contribution in [2.45, 2.75) is 75.6 Å². The van der Waals surface area contributed by atoms with Crippen LogP contribution in [0.3, 0.4) is 0 Å². The van der Waals surface area contributed by atoms with Gasteiger partial charge < -0.3 is 9.47 Å². The average molecular weight is 487 g/mol. The molecule has 0 aromatic carbocycles. The van der Waals surface area contributed by atoms with Gasteiger partial charge in [-0.05, 0) is 87.4 Å². The maximum atomic E-state index is 13.7. The van der Waals surface area contributed by atoms with Gasteiger partial charge in [-0.2, -0.15) is 17.2 Å².